The van der Waals surface area contributed by atoms with E-state index in [1.807, 2.05) is 6.26 Å². The summed E-state index contributed by atoms with van der Waals surface area (Å²) in [6, 6.07) is 16.9. The number of hydrogen-bond acceptors (Lipinski definition) is 12. The van der Waals surface area contributed by atoms with E-state index in [-0.39, 0.29) is 93.2 Å². The van der Waals surface area contributed by atoms with Gasteiger partial charge in [-0.3, -0.25) is 4.79 Å². The van der Waals surface area contributed by atoms with Gasteiger partial charge in [0, 0.05) is 43.4 Å². The lowest BCUT2D eigenvalue weighted by Gasteiger charge is -2.24. The summed E-state index contributed by atoms with van der Waals surface area (Å²) in [5.41, 5.74) is 2.54. The Hall–Kier alpha value is -4.86. The smallest absolute Gasteiger partial charge is 0.163 e. The number of ketones is 1. The van der Waals surface area contributed by atoms with Crippen molar-refractivity contribution in [2.24, 2.45) is 0 Å². The Balaban J connectivity index is 1.62. The molecular formula is C39H33O11S3-3. The number of phenolic OH excluding ortho intramolecular Hbond substituents is 3. The van der Waals surface area contributed by atoms with Gasteiger partial charge < -0.3 is 29.5 Å². The van der Waals surface area contributed by atoms with Gasteiger partial charge in [0.05, 0.1) is 9.79 Å². The minimum absolute atomic E-state index is 0.0142. The molecule has 5 aromatic rings. The SMILES string of the molecule is CSCCC(=O)c1ccc(-c2cc3c(O)c(c2)Cc2cc(S(=O)(=O)[O-])cc(c2O)Cc2cc(C)cc(c2O)Cc2cc(S(=O)(=O)[O-])cc(c2[O-])C3)cc1. The van der Waals surface area contributed by atoms with E-state index in [1.54, 1.807) is 67.2 Å². The van der Waals surface area contributed by atoms with E-state index in [0.29, 0.717) is 34.4 Å². The number of fused-ring (bicyclic) bond motifs is 8. The van der Waals surface area contributed by atoms with Crippen LogP contribution in [-0.4, -0.2) is 59.1 Å². The average molecular weight is 774 g/mol. The second kappa shape index (κ2) is 14.5. The Morgan fingerprint density at radius 3 is 1.42 bits per heavy atom. The van der Waals surface area contributed by atoms with Crippen molar-refractivity contribution in [3.63, 3.8) is 0 Å². The number of aryl methyl sites for hydroxylation is 1. The lowest BCUT2D eigenvalue weighted by Crippen LogP contribution is -2.09. The first-order valence-corrected chi connectivity index (χ1v) is 20.5. The van der Waals surface area contributed by atoms with Crippen LogP contribution in [0.3, 0.4) is 0 Å². The number of carbonyl (C=O) groups is 1. The lowest BCUT2D eigenvalue weighted by atomic mass is 9.89. The zero-order valence-electron chi connectivity index (χ0n) is 28.5. The highest BCUT2D eigenvalue weighted by Gasteiger charge is 2.22. The van der Waals surface area contributed by atoms with E-state index in [4.69, 9.17) is 0 Å². The average Bonchev–Trinajstić information content (AvgIpc) is 3.09. The molecule has 1 aliphatic rings. The highest BCUT2D eigenvalue weighted by Crippen LogP contribution is 2.40. The first-order valence-electron chi connectivity index (χ1n) is 16.3. The van der Waals surface area contributed by atoms with Crippen molar-refractivity contribution in [3.8, 4) is 34.1 Å². The van der Waals surface area contributed by atoms with Gasteiger partial charge in [-0.15, -0.1) is 5.75 Å². The quantitative estimate of drug-likeness (QED) is 0.140. The van der Waals surface area contributed by atoms with Crippen molar-refractivity contribution in [2.75, 3.05) is 12.0 Å². The molecule has 11 nitrogen and oxygen atoms in total. The van der Waals surface area contributed by atoms with Gasteiger partial charge in [-0.25, -0.2) is 16.8 Å². The number of hydrogen-bond donors (Lipinski definition) is 3. The van der Waals surface area contributed by atoms with E-state index in [0.717, 1.165) is 24.3 Å². The molecule has 0 heterocycles. The van der Waals surface area contributed by atoms with E-state index in [9.17, 15) is 51.2 Å². The summed E-state index contributed by atoms with van der Waals surface area (Å²) in [4.78, 5) is 11.3. The fraction of sp³-hybridized carbons (Fsp3) is 0.205. The van der Waals surface area contributed by atoms with Crippen molar-refractivity contribution in [1.29, 1.82) is 0 Å². The zero-order chi connectivity index (χ0) is 38.4. The van der Waals surface area contributed by atoms with Crippen molar-refractivity contribution >= 4 is 37.8 Å². The Labute approximate surface area is 311 Å². The molecule has 8 bridgehead atoms. The van der Waals surface area contributed by atoms with Gasteiger partial charge in [0.2, 0.25) is 0 Å². The molecule has 0 amide bonds. The molecule has 0 aliphatic heterocycles. The monoisotopic (exact) mass is 773 g/mol. The number of carbonyl (C=O) groups excluding carboxylic acids is 1. The summed E-state index contributed by atoms with van der Waals surface area (Å²) < 4.78 is 73.9. The third kappa shape index (κ3) is 8.06. The van der Waals surface area contributed by atoms with Crippen molar-refractivity contribution in [3.05, 3.63) is 128 Å². The van der Waals surface area contributed by atoms with Gasteiger partial charge in [0.25, 0.3) is 0 Å². The largest absolute Gasteiger partial charge is 0.872 e. The topological polar surface area (TPSA) is 215 Å². The Morgan fingerprint density at radius 2 is 1.00 bits per heavy atom. The highest BCUT2D eigenvalue weighted by atomic mass is 32.2. The minimum Gasteiger partial charge on any atom is -0.872 e. The molecule has 0 radical (unpaired) electrons. The van der Waals surface area contributed by atoms with Gasteiger partial charge >= 0.3 is 0 Å². The maximum Gasteiger partial charge on any atom is 0.163 e. The number of aromatic hydroxyl groups is 3. The van der Waals surface area contributed by atoms with Crippen LogP contribution in [0.25, 0.3) is 11.1 Å². The molecule has 0 spiro atoms. The third-order valence-corrected chi connectivity index (χ3v) is 11.6. The van der Waals surface area contributed by atoms with Gasteiger partial charge in [-0.2, -0.15) is 11.8 Å². The molecule has 3 N–H and O–H groups in total. The van der Waals surface area contributed by atoms with Gasteiger partial charge in [0.1, 0.15) is 37.5 Å². The summed E-state index contributed by atoms with van der Waals surface area (Å²) in [5.74, 6) is -1.06. The lowest BCUT2D eigenvalue weighted by molar-refractivity contribution is -0.270. The number of thioether (sulfide) groups is 1. The van der Waals surface area contributed by atoms with Gasteiger partial charge in [-0.05, 0) is 105 Å². The number of rotatable bonds is 7. The van der Waals surface area contributed by atoms with Gasteiger partial charge in [0.15, 0.2) is 5.78 Å². The second-order valence-electron chi connectivity index (χ2n) is 13.1. The minimum atomic E-state index is -5.07. The van der Waals surface area contributed by atoms with Crippen LogP contribution in [0.15, 0.2) is 82.6 Å². The number of benzene rings is 5. The molecular weight excluding hydrogens is 741 g/mol. The molecule has 276 valence electrons. The van der Waals surface area contributed by atoms with Crippen molar-refractivity contribution in [2.45, 2.75) is 48.8 Å². The maximum absolute atomic E-state index is 14.0. The molecule has 6 rings (SSSR count). The predicted octanol–water partition coefficient (Wildman–Crippen LogP) is 5.27. The molecule has 0 atom stereocenters. The van der Waals surface area contributed by atoms with Crippen LogP contribution < -0.4 is 5.11 Å². The van der Waals surface area contributed by atoms with E-state index in [1.165, 1.54) is 0 Å². The van der Waals surface area contributed by atoms with E-state index >= 15 is 0 Å². The molecule has 0 unspecified atom stereocenters. The van der Waals surface area contributed by atoms with Crippen LogP contribution in [0.4, 0.5) is 0 Å². The summed E-state index contributed by atoms with van der Waals surface area (Å²) in [7, 11) is -10.1. The van der Waals surface area contributed by atoms with Crippen LogP contribution in [0.5, 0.6) is 23.0 Å². The zero-order valence-corrected chi connectivity index (χ0v) is 31.0. The van der Waals surface area contributed by atoms with Crippen LogP contribution in [-0.2, 0) is 45.9 Å². The first kappa shape index (κ1) is 37.9. The number of phenols is 3. The molecule has 53 heavy (non-hydrogen) atoms. The molecule has 1 aliphatic carbocycles. The molecule has 5 aromatic carbocycles. The second-order valence-corrected chi connectivity index (χ2v) is 16.8. The normalized spacial score (nSPS) is 13.1. The maximum atomic E-state index is 14.0. The summed E-state index contributed by atoms with van der Waals surface area (Å²) in [6.45, 7) is 1.69. The summed E-state index contributed by atoms with van der Waals surface area (Å²) in [5, 5.41) is 48.5. The summed E-state index contributed by atoms with van der Waals surface area (Å²) >= 11 is 1.55. The molecule has 0 saturated heterocycles. The highest BCUT2D eigenvalue weighted by molar-refractivity contribution is 7.98. The molecule has 0 fully saturated rings. The Morgan fingerprint density at radius 1 is 0.623 bits per heavy atom. The van der Waals surface area contributed by atoms with Crippen LogP contribution in [0.2, 0.25) is 0 Å². The predicted molar refractivity (Wildman–Crippen MR) is 195 cm³/mol. The molecule has 14 heteroatoms. The van der Waals surface area contributed by atoms with E-state index in [2.05, 4.69) is 0 Å². The fourth-order valence-corrected chi connectivity index (χ4v) is 8.22. The van der Waals surface area contributed by atoms with Gasteiger partial charge in [-0.1, -0.05) is 42.0 Å². The summed E-state index contributed by atoms with van der Waals surface area (Å²) in [6.07, 6.45) is 1.02. The number of Topliss-reactive ketones (excluding diaryl/α,β-unsaturated/α-hetero) is 1. The van der Waals surface area contributed by atoms with E-state index < -0.39 is 35.8 Å². The van der Waals surface area contributed by atoms with Crippen LogP contribution in [0, 0.1) is 6.92 Å². The first-order chi connectivity index (χ1) is 24.9. The third-order valence-electron chi connectivity index (χ3n) is 9.31. The van der Waals surface area contributed by atoms with Crippen molar-refractivity contribution < 1.29 is 51.2 Å². The van der Waals surface area contributed by atoms with Crippen LogP contribution in [0.1, 0.15) is 66.8 Å². The Bertz CT molecular complexity index is 2370. The van der Waals surface area contributed by atoms with Crippen molar-refractivity contribution in [1.82, 2.24) is 0 Å². The molecule has 0 aromatic heterocycles. The Kier molecular flexibility index (Phi) is 10.4. The standard InChI is InChI=1S/C39H36O11S3/c1-21-9-25-13-29-17-33(52(45,46)47)19-31(38(29)43)15-27-11-24(22-3-5-23(6-4-22)35(40)7-8-51-2)12-28(37(27)42)16-32-20-34(53(48,49)50)18-30(39(32)44)14-26(10-21)36(25)41/h3-6,9-12,17-20,41-44H,7-8,13-16H2,1-2H3,(H,45,46,47)(H,48,49,50)/p-3. The molecule has 0 saturated carbocycles. The van der Waals surface area contributed by atoms with Crippen LogP contribution >= 0.6 is 11.8 Å². The fourth-order valence-electron chi connectivity index (χ4n) is 6.68.